The Morgan fingerprint density at radius 1 is 1.05 bits per heavy atom. The summed E-state index contributed by atoms with van der Waals surface area (Å²) in [6.45, 7) is 0. The Morgan fingerprint density at radius 3 is 2.58 bits per heavy atom. The van der Waals surface area contributed by atoms with Gasteiger partial charge in [-0.15, -0.1) is 0 Å². The smallest absolute Gasteiger partial charge is 0.135 e. The summed E-state index contributed by atoms with van der Waals surface area (Å²) in [5.74, 6) is 2.26. The normalized spacial score (nSPS) is 14.5. The highest BCUT2D eigenvalue weighted by molar-refractivity contribution is 9.11. The molecule has 1 aliphatic rings. The van der Waals surface area contributed by atoms with Crippen molar-refractivity contribution in [1.82, 2.24) is 9.97 Å². The predicted molar refractivity (Wildman–Crippen MR) is 86.8 cm³/mol. The van der Waals surface area contributed by atoms with E-state index in [1.165, 1.54) is 12.8 Å². The molecule has 0 aliphatic heterocycles. The minimum Gasteiger partial charge on any atom is -0.339 e. The van der Waals surface area contributed by atoms with E-state index in [2.05, 4.69) is 63.1 Å². The molecule has 19 heavy (non-hydrogen) atoms. The average molecular weight is 448 g/mol. The van der Waals surface area contributed by atoms with E-state index in [4.69, 9.17) is 0 Å². The zero-order valence-electron chi connectivity index (χ0n) is 9.83. The van der Waals surface area contributed by atoms with Crippen LogP contribution in [0.5, 0.6) is 0 Å². The van der Waals surface area contributed by atoms with E-state index in [9.17, 15) is 0 Å². The third-order valence-electron chi connectivity index (χ3n) is 2.85. The quantitative estimate of drug-likeness (QED) is 0.641. The first kappa shape index (κ1) is 13.5. The lowest BCUT2D eigenvalue weighted by molar-refractivity contribution is 0.919. The molecule has 1 fully saturated rings. The third-order valence-corrected chi connectivity index (χ3v) is 4.44. The van der Waals surface area contributed by atoms with E-state index < -0.39 is 0 Å². The van der Waals surface area contributed by atoms with Crippen molar-refractivity contribution in [3.05, 3.63) is 43.6 Å². The van der Waals surface area contributed by atoms with Crippen LogP contribution in [0, 0.1) is 0 Å². The molecule has 0 amide bonds. The molecule has 98 valence electrons. The number of hydrogen-bond acceptors (Lipinski definition) is 3. The fourth-order valence-electron chi connectivity index (χ4n) is 1.75. The van der Waals surface area contributed by atoms with Crippen LogP contribution in [0.4, 0.5) is 11.5 Å². The Kier molecular flexibility index (Phi) is 3.91. The summed E-state index contributed by atoms with van der Waals surface area (Å²) in [7, 11) is 0. The van der Waals surface area contributed by atoms with E-state index in [-0.39, 0.29) is 0 Å². The maximum absolute atomic E-state index is 4.57. The molecule has 6 heteroatoms. The van der Waals surface area contributed by atoms with Gasteiger partial charge in [0.15, 0.2) is 0 Å². The van der Waals surface area contributed by atoms with Gasteiger partial charge in [-0.3, -0.25) is 0 Å². The Bertz CT molecular complexity index is 627. The van der Waals surface area contributed by atoms with Crippen molar-refractivity contribution in [1.29, 1.82) is 0 Å². The van der Waals surface area contributed by atoms with Gasteiger partial charge in [-0.2, -0.15) is 0 Å². The largest absolute Gasteiger partial charge is 0.339 e. The molecule has 0 unspecified atom stereocenters. The summed E-state index contributed by atoms with van der Waals surface area (Å²) < 4.78 is 2.84. The summed E-state index contributed by atoms with van der Waals surface area (Å²) >= 11 is 10.4. The molecule has 0 radical (unpaired) electrons. The van der Waals surface area contributed by atoms with Gasteiger partial charge < -0.3 is 5.32 Å². The lowest BCUT2D eigenvalue weighted by Crippen LogP contribution is -2.00. The molecule has 3 nitrogen and oxygen atoms in total. The number of nitrogens with zero attached hydrogens (tertiary/aromatic N) is 2. The molecule has 0 atom stereocenters. The van der Waals surface area contributed by atoms with Gasteiger partial charge in [0.2, 0.25) is 0 Å². The molecule has 1 N–H and O–H groups in total. The number of aromatic nitrogens is 2. The molecule has 1 aromatic heterocycles. The molecular formula is C13H10Br3N3. The standard InChI is InChI=1S/C13H10Br3N3/c14-8-3-4-9(15)10(5-8)17-12-6-11(16)18-13(19-12)7-1-2-7/h3-7H,1-2H2,(H,17,18,19). The fraction of sp³-hybridized carbons (Fsp3) is 0.231. The van der Waals surface area contributed by atoms with E-state index in [0.717, 1.165) is 30.9 Å². The summed E-state index contributed by atoms with van der Waals surface area (Å²) in [5, 5.41) is 3.32. The monoisotopic (exact) mass is 445 g/mol. The highest BCUT2D eigenvalue weighted by atomic mass is 79.9. The first-order chi connectivity index (χ1) is 9.11. The van der Waals surface area contributed by atoms with Crippen LogP contribution in [-0.4, -0.2) is 9.97 Å². The molecule has 1 saturated carbocycles. The number of nitrogens with one attached hydrogen (secondary N) is 1. The molecule has 1 aromatic carbocycles. The molecule has 0 spiro atoms. The lowest BCUT2D eigenvalue weighted by Gasteiger charge is -2.10. The van der Waals surface area contributed by atoms with Crippen LogP contribution < -0.4 is 5.32 Å². The van der Waals surface area contributed by atoms with Crippen LogP contribution in [0.25, 0.3) is 0 Å². The van der Waals surface area contributed by atoms with E-state index >= 15 is 0 Å². The van der Waals surface area contributed by atoms with Crippen molar-refractivity contribution in [2.24, 2.45) is 0 Å². The van der Waals surface area contributed by atoms with Crippen LogP contribution in [0.3, 0.4) is 0 Å². The molecule has 2 aromatic rings. The number of hydrogen-bond donors (Lipinski definition) is 1. The molecular weight excluding hydrogens is 438 g/mol. The second-order valence-corrected chi connectivity index (χ2v) is 7.04. The highest BCUT2D eigenvalue weighted by Gasteiger charge is 2.27. The zero-order chi connectivity index (χ0) is 13.4. The van der Waals surface area contributed by atoms with Gasteiger partial charge in [0.25, 0.3) is 0 Å². The second-order valence-electron chi connectivity index (χ2n) is 4.46. The SMILES string of the molecule is Brc1ccc(Br)c(Nc2cc(Br)nc(C3CC3)n2)c1. The topological polar surface area (TPSA) is 37.8 Å². The van der Waals surface area contributed by atoms with E-state index in [1.54, 1.807) is 0 Å². The van der Waals surface area contributed by atoms with Crippen molar-refractivity contribution in [2.45, 2.75) is 18.8 Å². The van der Waals surface area contributed by atoms with Crippen LogP contribution in [-0.2, 0) is 0 Å². The van der Waals surface area contributed by atoms with Crippen molar-refractivity contribution in [2.75, 3.05) is 5.32 Å². The van der Waals surface area contributed by atoms with Crippen LogP contribution in [0.2, 0.25) is 0 Å². The zero-order valence-corrected chi connectivity index (χ0v) is 14.6. The predicted octanol–water partition coefficient (Wildman–Crippen LogP) is 5.39. The second kappa shape index (κ2) is 5.50. The maximum Gasteiger partial charge on any atom is 0.135 e. The van der Waals surface area contributed by atoms with Crippen LogP contribution in [0.1, 0.15) is 24.6 Å². The Hall–Kier alpha value is -0.460. The Balaban J connectivity index is 1.92. The first-order valence-corrected chi connectivity index (χ1v) is 8.26. The molecule has 1 aliphatic carbocycles. The molecule has 0 saturated heterocycles. The maximum atomic E-state index is 4.57. The van der Waals surface area contributed by atoms with Crippen molar-refractivity contribution >= 4 is 59.3 Å². The molecule has 1 heterocycles. The summed E-state index contributed by atoms with van der Waals surface area (Å²) in [4.78, 5) is 9.00. The van der Waals surface area contributed by atoms with Crippen LogP contribution in [0.15, 0.2) is 37.8 Å². The lowest BCUT2D eigenvalue weighted by atomic mass is 10.3. The number of halogens is 3. The number of benzene rings is 1. The Morgan fingerprint density at radius 2 is 1.84 bits per heavy atom. The van der Waals surface area contributed by atoms with Gasteiger partial charge in [0.05, 0.1) is 5.69 Å². The Labute approximate surface area is 136 Å². The number of anilines is 2. The molecule has 3 rings (SSSR count). The van der Waals surface area contributed by atoms with Gasteiger partial charge in [0.1, 0.15) is 16.2 Å². The third kappa shape index (κ3) is 3.35. The van der Waals surface area contributed by atoms with Gasteiger partial charge in [0, 0.05) is 20.9 Å². The summed E-state index contributed by atoms with van der Waals surface area (Å²) in [6.07, 6.45) is 2.38. The van der Waals surface area contributed by atoms with Crippen molar-refractivity contribution in [3.8, 4) is 0 Å². The van der Waals surface area contributed by atoms with Gasteiger partial charge >= 0.3 is 0 Å². The first-order valence-electron chi connectivity index (χ1n) is 5.88. The van der Waals surface area contributed by atoms with Gasteiger partial charge in [-0.1, -0.05) is 15.9 Å². The van der Waals surface area contributed by atoms with Crippen molar-refractivity contribution in [3.63, 3.8) is 0 Å². The van der Waals surface area contributed by atoms with Gasteiger partial charge in [-0.05, 0) is 62.9 Å². The summed E-state index contributed by atoms with van der Waals surface area (Å²) in [5.41, 5.74) is 0.974. The van der Waals surface area contributed by atoms with Crippen molar-refractivity contribution < 1.29 is 0 Å². The van der Waals surface area contributed by atoms with Crippen LogP contribution >= 0.6 is 47.8 Å². The van der Waals surface area contributed by atoms with E-state index in [0.29, 0.717) is 5.92 Å². The van der Waals surface area contributed by atoms with E-state index in [1.807, 2.05) is 24.3 Å². The minimum atomic E-state index is 0.531. The minimum absolute atomic E-state index is 0.531. The average Bonchev–Trinajstić information content (AvgIpc) is 3.17. The molecule has 0 bridgehead atoms. The van der Waals surface area contributed by atoms with Gasteiger partial charge in [-0.25, -0.2) is 9.97 Å². The fourth-order valence-corrected chi connectivity index (χ4v) is 2.86. The summed E-state index contributed by atoms with van der Waals surface area (Å²) in [6, 6.07) is 7.88. The highest BCUT2D eigenvalue weighted by Crippen LogP contribution is 2.39. The number of rotatable bonds is 3.